The highest BCUT2D eigenvalue weighted by molar-refractivity contribution is 5.61. The first-order valence-electron chi connectivity index (χ1n) is 18.7. The van der Waals surface area contributed by atoms with Crippen LogP contribution in [-0.2, 0) is 6.42 Å². The van der Waals surface area contributed by atoms with Crippen molar-refractivity contribution < 1.29 is 19.7 Å². The number of benzene rings is 4. The summed E-state index contributed by atoms with van der Waals surface area (Å²) in [5.74, 6) is 2.48. The standard InChI is InChI=1S/C45H58N2O4/c1-30-9-19-42-40(21-30)32(3)24-44(5,6)46(42)26-36(48)28-50-38-15-11-34(12-16-38)23-35-13-17-39(18-14-35)51-29-37(49)27-47-43-20-10-31(2)22-41(43)33(4)25-45(47,7)8/h9-22,32-33,36-37,48-49H,23-29H2,1-8H3. The maximum absolute atomic E-state index is 11.0. The van der Waals surface area contributed by atoms with Crippen LogP contribution in [0.15, 0.2) is 84.9 Å². The molecule has 2 N–H and O–H groups in total. The fraction of sp³-hybridized carbons (Fsp3) is 0.467. The molecule has 6 nitrogen and oxygen atoms in total. The van der Waals surface area contributed by atoms with Crippen LogP contribution in [0.3, 0.4) is 0 Å². The average Bonchev–Trinajstić information content (AvgIpc) is 3.07. The second-order valence-corrected chi connectivity index (χ2v) is 16.6. The van der Waals surface area contributed by atoms with Crippen molar-refractivity contribution in [2.75, 3.05) is 36.1 Å². The predicted octanol–water partition coefficient (Wildman–Crippen LogP) is 8.96. The van der Waals surface area contributed by atoms with E-state index in [1.54, 1.807) is 0 Å². The number of nitrogens with zero attached hydrogens (tertiary/aromatic N) is 2. The highest BCUT2D eigenvalue weighted by Crippen LogP contribution is 2.45. The number of aliphatic hydroxyl groups excluding tert-OH is 2. The topological polar surface area (TPSA) is 65.4 Å². The van der Waals surface area contributed by atoms with Crippen LogP contribution in [-0.4, -0.2) is 59.8 Å². The van der Waals surface area contributed by atoms with Crippen LogP contribution in [0.2, 0.25) is 0 Å². The van der Waals surface area contributed by atoms with Gasteiger partial charge in [0.1, 0.15) is 36.9 Å². The van der Waals surface area contributed by atoms with E-state index in [4.69, 9.17) is 9.47 Å². The Labute approximate surface area is 306 Å². The van der Waals surface area contributed by atoms with Crippen molar-refractivity contribution in [1.82, 2.24) is 0 Å². The maximum atomic E-state index is 11.0. The summed E-state index contributed by atoms with van der Waals surface area (Å²) in [5, 5.41) is 22.1. The van der Waals surface area contributed by atoms with Crippen molar-refractivity contribution in [3.63, 3.8) is 0 Å². The Morgan fingerprint density at radius 3 is 1.35 bits per heavy atom. The molecule has 0 fully saturated rings. The molecule has 4 unspecified atom stereocenters. The molecule has 6 rings (SSSR count). The van der Waals surface area contributed by atoms with E-state index in [1.807, 2.05) is 24.3 Å². The summed E-state index contributed by atoms with van der Waals surface area (Å²) < 4.78 is 12.1. The van der Waals surface area contributed by atoms with Gasteiger partial charge >= 0.3 is 0 Å². The number of β-amino-alcohol motifs (C(OH)–C–C–N with tert-alkyl or cyclic N) is 2. The van der Waals surface area contributed by atoms with Crippen LogP contribution in [0, 0.1) is 13.8 Å². The summed E-state index contributed by atoms with van der Waals surface area (Å²) in [4.78, 5) is 4.71. The van der Waals surface area contributed by atoms with Crippen LogP contribution in [0.5, 0.6) is 11.5 Å². The zero-order valence-electron chi connectivity index (χ0n) is 31.9. The lowest BCUT2D eigenvalue weighted by atomic mass is 9.79. The fourth-order valence-corrected chi connectivity index (χ4v) is 8.47. The lowest BCUT2D eigenvalue weighted by Gasteiger charge is -2.48. The minimum atomic E-state index is -0.616. The van der Waals surface area contributed by atoms with Crippen molar-refractivity contribution in [3.05, 3.63) is 118 Å². The van der Waals surface area contributed by atoms with E-state index in [0.717, 1.165) is 30.8 Å². The van der Waals surface area contributed by atoms with Gasteiger partial charge in [-0.3, -0.25) is 0 Å². The molecule has 0 spiro atoms. The first-order valence-corrected chi connectivity index (χ1v) is 18.7. The van der Waals surface area contributed by atoms with Gasteiger partial charge < -0.3 is 29.5 Å². The number of aliphatic hydroxyl groups is 2. The summed E-state index contributed by atoms with van der Waals surface area (Å²) in [7, 11) is 0. The van der Waals surface area contributed by atoms with Gasteiger partial charge in [0.25, 0.3) is 0 Å². The van der Waals surface area contributed by atoms with Gasteiger partial charge in [-0.05, 0) is 131 Å². The van der Waals surface area contributed by atoms with Gasteiger partial charge in [-0.25, -0.2) is 0 Å². The van der Waals surface area contributed by atoms with E-state index in [0.29, 0.717) is 24.9 Å². The first kappa shape index (κ1) is 36.8. The molecular weight excluding hydrogens is 633 g/mol. The molecule has 4 aromatic rings. The Hall–Kier alpha value is -4.00. The average molecular weight is 691 g/mol. The van der Waals surface area contributed by atoms with Crippen molar-refractivity contribution in [2.45, 2.75) is 110 Å². The van der Waals surface area contributed by atoms with E-state index in [-0.39, 0.29) is 24.3 Å². The second kappa shape index (κ2) is 14.9. The monoisotopic (exact) mass is 690 g/mol. The highest BCUT2D eigenvalue weighted by Gasteiger charge is 2.38. The van der Waals surface area contributed by atoms with Crippen LogP contribution in [0.25, 0.3) is 0 Å². The van der Waals surface area contributed by atoms with Gasteiger partial charge in [-0.1, -0.05) is 73.5 Å². The number of ether oxygens (including phenoxy) is 2. The number of aryl methyl sites for hydroxylation is 2. The third-order valence-electron chi connectivity index (χ3n) is 11.0. The van der Waals surface area contributed by atoms with Crippen molar-refractivity contribution in [3.8, 4) is 11.5 Å². The number of rotatable bonds is 12. The molecule has 0 bridgehead atoms. The molecule has 4 aromatic carbocycles. The lowest BCUT2D eigenvalue weighted by Crippen LogP contribution is -2.52. The Balaban J connectivity index is 0.974. The highest BCUT2D eigenvalue weighted by atomic mass is 16.5. The van der Waals surface area contributed by atoms with E-state index in [1.165, 1.54) is 44.8 Å². The third-order valence-corrected chi connectivity index (χ3v) is 11.0. The zero-order valence-corrected chi connectivity index (χ0v) is 31.9. The van der Waals surface area contributed by atoms with E-state index >= 15 is 0 Å². The number of anilines is 2. The van der Waals surface area contributed by atoms with E-state index in [2.05, 4.69) is 126 Å². The Morgan fingerprint density at radius 1 is 0.608 bits per heavy atom. The van der Waals surface area contributed by atoms with Gasteiger partial charge in [-0.15, -0.1) is 0 Å². The van der Waals surface area contributed by atoms with Crippen LogP contribution >= 0.6 is 0 Å². The second-order valence-electron chi connectivity index (χ2n) is 16.6. The molecule has 6 heteroatoms. The molecule has 4 atom stereocenters. The largest absolute Gasteiger partial charge is 0.491 e. The number of fused-ring (bicyclic) bond motifs is 2. The first-order chi connectivity index (χ1) is 24.2. The molecule has 0 amide bonds. The van der Waals surface area contributed by atoms with Crippen molar-refractivity contribution >= 4 is 11.4 Å². The van der Waals surface area contributed by atoms with Crippen LogP contribution in [0.4, 0.5) is 11.4 Å². The van der Waals surface area contributed by atoms with Gasteiger partial charge in [0.05, 0.1) is 0 Å². The van der Waals surface area contributed by atoms with Crippen molar-refractivity contribution in [2.24, 2.45) is 0 Å². The quantitative estimate of drug-likeness (QED) is 0.155. The minimum absolute atomic E-state index is 0.0495. The summed E-state index contributed by atoms with van der Waals surface area (Å²) in [6, 6.07) is 29.6. The maximum Gasteiger partial charge on any atom is 0.119 e. The van der Waals surface area contributed by atoms with Crippen molar-refractivity contribution in [1.29, 1.82) is 0 Å². The Bertz CT molecular complexity index is 1650. The molecule has 0 radical (unpaired) electrons. The molecule has 0 saturated carbocycles. The summed E-state index contributed by atoms with van der Waals surface area (Å²) >= 11 is 0. The molecular formula is C45H58N2O4. The minimum Gasteiger partial charge on any atom is -0.491 e. The fourth-order valence-electron chi connectivity index (χ4n) is 8.47. The SMILES string of the molecule is Cc1ccc2c(c1)C(C)CC(C)(C)N2CC(O)COc1ccc(Cc2ccc(OCC(O)CN3c4ccc(C)cc4C(C)CC3(C)C)cc2)cc1. The third kappa shape index (κ3) is 8.56. The zero-order chi connectivity index (χ0) is 36.5. The van der Waals surface area contributed by atoms with Crippen LogP contribution in [0.1, 0.15) is 99.6 Å². The Kier molecular flexibility index (Phi) is 10.8. The smallest absolute Gasteiger partial charge is 0.119 e. The molecule has 2 heterocycles. The molecule has 0 saturated heterocycles. The van der Waals surface area contributed by atoms with Crippen LogP contribution < -0.4 is 19.3 Å². The summed E-state index contributed by atoms with van der Waals surface area (Å²) in [6.45, 7) is 19.5. The predicted molar refractivity (Wildman–Crippen MR) is 210 cm³/mol. The normalized spacial score (nSPS) is 20.3. The number of hydrogen-bond acceptors (Lipinski definition) is 6. The molecule has 2 aliphatic rings. The number of hydrogen-bond donors (Lipinski definition) is 2. The van der Waals surface area contributed by atoms with Gasteiger partial charge in [0.15, 0.2) is 0 Å². The molecule has 0 aliphatic carbocycles. The van der Waals surface area contributed by atoms with Gasteiger partial charge in [0.2, 0.25) is 0 Å². The lowest BCUT2D eigenvalue weighted by molar-refractivity contribution is 0.106. The van der Waals surface area contributed by atoms with E-state index in [9.17, 15) is 10.2 Å². The molecule has 2 aliphatic heterocycles. The van der Waals surface area contributed by atoms with Gasteiger partial charge in [0, 0.05) is 35.5 Å². The molecule has 0 aromatic heterocycles. The van der Waals surface area contributed by atoms with Gasteiger partial charge in [-0.2, -0.15) is 0 Å². The molecule has 272 valence electrons. The van der Waals surface area contributed by atoms with E-state index < -0.39 is 12.2 Å². The summed E-state index contributed by atoms with van der Waals surface area (Å²) in [6.07, 6.45) is 1.65. The molecule has 51 heavy (non-hydrogen) atoms. The Morgan fingerprint density at radius 2 is 0.980 bits per heavy atom. The summed E-state index contributed by atoms with van der Waals surface area (Å²) in [5.41, 5.74) is 9.97.